The Bertz CT molecular complexity index is 2450. The molecule has 3 aliphatic carbocycles. The minimum atomic E-state index is -4.59. The van der Waals surface area contributed by atoms with Gasteiger partial charge in [-0.25, -0.2) is 26.9 Å². The van der Waals surface area contributed by atoms with Crippen molar-refractivity contribution in [3.05, 3.63) is 87.7 Å². The topological polar surface area (TPSA) is 183 Å². The number of halogens is 2. The Kier molecular flexibility index (Phi) is 13.1. The maximum Gasteiger partial charge on any atom is 0.293 e. The highest BCUT2D eigenvalue weighted by molar-refractivity contribution is 7.90. The van der Waals surface area contributed by atoms with Gasteiger partial charge in [-0.2, -0.15) is 0 Å². The van der Waals surface area contributed by atoms with Crippen molar-refractivity contribution < 1.29 is 36.8 Å². The third-order valence-corrected chi connectivity index (χ3v) is 15.1. The summed E-state index contributed by atoms with van der Waals surface area (Å²) in [6.07, 6.45) is 11.9. The number of aliphatic hydroxyl groups is 1. The molecule has 1 saturated heterocycles. The van der Waals surface area contributed by atoms with Crippen molar-refractivity contribution in [1.82, 2.24) is 19.6 Å². The van der Waals surface area contributed by atoms with Gasteiger partial charge in [-0.15, -0.1) is 0 Å². The maximum absolute atomic E-state index is 13.9. The Morgan fingerprint density at radius 3 is 2.54 bits per heavy atom. The second-order valence-corrected chi connectivity index (χ2v) is 20.0. The van der Waals surface area contributed by atoms with Crippen molar-refractivity contribution in [3.8, 4) is 11.5 Å². The predicted molar refractivity (Wildman–Crippen MR) is 237 cm³/mol. The van der Waals surface area contributed by atoms with Gasteiger partial charge < -0.3 is 25.0 Å². The highest BCUT2D eigenvalue weighted by Crippen LogP contribution is 2.54. The number of nitro benzene ring substituents is 1. The first-order valence-corrected chi connectivity index (χ1v) is 23.6. The fourth-order valence-electron chi connectivity index (χ4n) is 9.78. The maximum atomic E-state index is 13.9. The summed E-state index contributed by atoms with van der Waals surface area (Å²) >= 11 is 0. The van der Waals surface area contributed by atoms with Crippen LogP contribution in [0.25, 0.3) is 11.0 Å². The first-order chi connectivity index (χ1) is 30.1. The van der Waals surface area contributed by atoms with Gasteiger partial charge >= 0.3 is 0 Å². The number of rotatable bonds is 16. The van der Waals surface area contributed by atoms with E-state index < -0.39 is 43.5 Å². The number of ether oxygens (including phenoxy) is 1. The molecular weight excluding hydrogens is 833 g/mol. The summed E-state index contributed by atoms with van der Waals surface area (Å²) in [6, 6.07) is 12.0. The Morgan fingerprint density at radius 1 is 1.05 bits per heavy atom. The highest BCUT2D eigenvalue weighted by atomic mass is 32.2. The monoisotopic (exact) mass is 889 g/mol. The molecule has 8 rings (SSSR count). The molecule has 4 N–H and O–H groups in total. The van der Waals surface area contributed by atoms with E-state index in [2.05, 4.69) is 29.8 Å². The molecule has 0 atom stereocenters. The van der Waals surface area contributed by atoms with Crippen molar-refractivity contribution in [2.45, 2.75) is 107 Å². The van der Waals surface area contributed by atoms with Crippen LogP contribution in [-0.2, 0) is 10.0 Å². The van der Waals surface area contributed by atoms with Gasteiger partial charge in [0.15, 0.2) is 0 Å². The van der Waals surface area contributed by atoms with Crippen LogP contribution in [0.4, 0.5) is 25.8 Å². The summed E-state index contributed by atoms with van der Waals surface area (Å²) in [5.74, 6) is -0.367. The van der Waals surface area contributed by atoms with Gasteiger partial charge in [0.1, 0.15) is 22.8 Å². The summed E-state index contributed by atoms with van der Waals surface area (Å²) in [5.41, 5.74) is 3.52. The fraction of sp³-hybridized carbons (Fsp3) is 0.522. The van der Waals surface area contributed by atoms with Gasteiger partial charge in [0, 0.05) is 75.1 Å². The summed E-state index contributed by atoms with van der Waals surface area (Å²) in [6.45, 7) is 5.96. The molecule has 3 heterocycles. The lowest BCUT2D eigenvalue weighted by Crippen LogP contribution is -2.47. The zero-order chi connectivity index (χ0) is 44.4. The molecule has 1 amide bonds. The molecule has 2 saturated carbocycles. The summed E-state index contributed by atoms with van der Waals surface area (Å²) in [7, 11) is -4.59. The number of aromatic amines is 1. The predicted octanol–water partition coefficient (Wildman–Crippen LogP) is 8.94. The lowest BCUT2D eigenvalue weighted by molar-refractivity contribution is -0.384. The van der Waals surface area contributed by atoms with Crippen molar-refractivity contribution >= 4 is 44.0 Å². The normalized spacial score (nSPS) is 21.7. The van der Waals surface area contributed by atoms with Crippen LogP contribution < -0.4 is 19.7 Å². The van der Waals surface area contributed by atoms with E-state index in [9.17, 15) is 37.2 Å². The lowest BCUT2D eigenvalue weighted by atomic mass is 9.59. The van der Waals surface area contributed by atoms with Gasteiger partial charge in [0.05, 0.1) is 27.2 Å². The van der Waals surface area contributed by atoms with Gasteiger partial charge in [-0.05, 0) is 125 Å². The van der Waals surface area contributed by atoms with Gasteiger partial charge in [0.2, 0.25) is 6.43 Å². The van der Waals surface area contributed by atoms with E-state index >= 15 is 0 Å². The van der Waals surface area contributed by atoms with E-state index in [-0.39, 0.29) is 29.3 Å². The zero-order valence-corrected chi connectivity index (χ0v) is 36.5. The number of carbonyl (C=O) groups excluding carboxylic acids is 1. The number of nitrogens with one attached hydrogen (secondary N) is 3. The van der Waals surface area contributed by atoms with Gasteiger partial charge in [0.25, 0.3) is 21.6 Å². The number of piperazine rings is 1. The Labute approximate surface area is 366 Å². The van der Waals surface area contributed by atoms with E-state index in [4.69, 9.17) is 4.74 Å². The Morgan fingerprint density at radius 2 is 1.83 bits per heavy atom. The lowest BCUT2D eigenvalue weighted by Gasteiger charge is -2.47. The third-order valence-electron chi connectivity index (χ3n) is 13.8. The Hall–Kier alpha value is -5.13. The van der Waals surface area contributed by atoms with Gasteiger partial charge in [-0.3, -0.25) is 19.8 Å². The number of aromatic nitrogens is 2. The first-order valence-electron chi connectivity index (χ1n) is 22.2. The molecule has 0 bridgehead atoms. The van der Waals surface area contributed by atoms with Crippen molar-refractivity contribution in [3.63, 3.8) is 0 Å². The third kappa shape index (κ3) is 10.6. The summed E-state index contributed by atoms with van der Waals surface area (Å²) in [4.78, 5) is 37.0. The number of nitrogens with zero attached hydrogens (tertiary/aromatic N) is 4. The minimum Gasteiger partial charge on any atom is -0.455 e. The van der Waals surface area contributed by atoms with Crippen LogP contribution in [0.1, 0.15) is 101 Å². The van der Waals surface area contributed by atoms with Crippen LogP contribution in [0, 0.1) is 21.4 Å². The number of nitro groups is 1. The largest absolute Gasteiger partial charge is 0.455 e. The number of carbonyl (C=O) groups is 1. The van der Waals surface area contributed by atoms with Crippen LogP contribution >= 0.6 is 0 Å². The van der Waals surface area contributed by atoms with E-state index in [1.165, 1.54) is 61.2 Å². The second kappa shape index (κ2) is 18.5. The number of amides is 1. The highest BCUT2D eigenvalue weighted by Gasteiger charge is 2.40. The number of alkyl halides is 2. The van der Waals surface area contributed by atoms with Crippen LogP contribution in [0.3, 0.4) is 0 Å². The molecule has 63 heavy (non-hydrogen) atoms. The quantitative estimate of drug-likeness (QED) is 0.0479. The first kappa shape index (κ1) is 44.5. The fourth-order valence-corrected chi connectivity index (χ4v) is 10.8. The molecule has 17 heteroatoms. The van der Waals surface area contributed by atoms with E-state index in [0.29, 0.717) is 55.7 Å². The van der Waals surface area contributed by atoms with Crippen molar-refractivity contribution in [2.24, 2.45) is 11.3 Å². The molecule has 1 spiro atoms. The zero-order valence-electron chi connectivity index (χ0n) is 35.7. The van der Waals surface area contributed by atoms with E-state index in [0.717, 1.165) is 68.9 Å². The van der Waals surface area contributed by atoms with Crippen molar-refractivity contribution in [2.75, 3.05) is 49.5 Å². The number of anilines is 2. The molecule has 4 aromatic rings. The van der Waals surface area contributed by atoms with E-state index in [1.54, 1.807) is 31.3 Å². The average Bonchev–Trinajstić information content (AvgIpc) is 3.71. The number of pyridine rings is 1. The van der Waals surface area contributed by atoms with Crippen molar-refractivity contribution in [1.29, 1.82) is 0 Å². The van der Waals surface area contributed by atoms with Gasteiger partial charge in [-0.1, -0.05) is 17.6 Å². The molecule has 3 fully saturated rings. The minimum absolute atomic E-state index is 0.0631. The second-order valence-electron chi connectivity index (χ2n) is 18.3. The number of H-pyrrole nitrogens is 1. The molecule has 2 aromatic heterocycles. The number of fused-ring (bicyclic) bond motifs is 1. The average molecular weight is 890 g/mol. The molecule has 14 nitrogen and oxygen atoms in total. The van der Waals surface area contributed by atoms with Crippen LogP contribution in [0.5, 0.6) is 11.5 Å². The summed E-state index contributed by atoms with van der Waals surface area (Å²) in [5, 5.41) is 26.3. The molecule has 0 radical (unpaired) electrons. The number of hydrogen-bond donors (Lipinski definition) is 4. The number of hydrogen-bond acceptors (Lipinski definition) is 11. The standard InChI is InChI=1S/C46H57F2N7O7S/c1-45(57)16-10-31(11-17-45)28-50-39-9-7-37(26-40(39)55(58)59)63(60,61)52-44(56)38-8-6-35(25-41(38)62-36-24-32-13-19-49-43(32)51-29-36)54-22-20-53(21-23-54)30-34-12-18-46(14-3-15-46)27-33(34)4-2-5-42(47)48/h6-9,13,19,24-26,29,31,42,50,57H,2-5,10-12,14-18,20-23,27-28,30H2,1H3,(H,49,51)(H,52,56). The van der Waals surface area contributed by atoms with Crippen LogP contribution in [0.15, 0.2) is 77.0 Å². The van der Waals surface area contributed by atoms with E-state index in [1.807, 2.05) is 6.07 Å². The number of sulfonamides is 1. The molecular formula is C46H57F2N7O7S. The number of benzene rings is 2. The molecule has 2 aromatic carbocycles. The molecule has 4 aliphatic rings. The number of allylic oxidation sites excluding steroid dienone is 1. The van der Waals surface area contributed by atoms with Crippen LogP contribution in [0.2, 0.25) is 0 Å². The SMILES string of the molecule is CC1(O)CCC(CNc2ccc(S(=O)(=O)NC(=O)c3ccc(N4CCN(CC5=C(CCCC(F)F)CC6(CCC6)CC5)CC4)cc3Oc3cnc4[nH]ccc4c3)cc2[N+](=O)[O-])CC1. The molecule has 1 aliphatic heterocycles. The van der Waals surface area contributed by atoms with Crippen LogP contribution in [-0.4, -0.2) is 90.5 Å². The molecule has 338 valence electrons. The molecule has 0 unspecified atom stereocenters. The smallest absolute Gasteiger partial charge is 0.293 e. The Balaban J connectivity index is 0.973. The summed E-state index contributed by atoms with van der Waals surface area (Å²) < 4.78 is 61.9.